The van der Waals surface area contributed by atoms with Gasteiger partial charge in [0, 0.05) is 29.5 Å². The molecule has 0 spiro atoms. The highest BCUT2D eigenvalue weighted by Crippen LogP contribution is 2.22. The summed E-state index contributed by atoms with van der Waals surface area (Å²) in [5.74, 6) is 0.480. The summed E-state index contributed by atoms with van der Waals surface area (Å²) < 4.78 is 0. The van der Waals surface area contributed by atoms with Crippen LogP contribution < -0.4 is 5.32 Å². The molecule has 1 aromatic carbocycles. The Morgan fingerprint density at radius 1 is 1.24 bits per heavy atom. The molecule has 0 aliphatic rings. The van der Waals surface area contributed by atoms with E-state index in [-0.39, 0.29) is 5.91 Å². The summed E-state index contributed by atoms with van der Waals surface area (Å²) in [7, 11) is 0. The number of amides is 1. The monoisotopic (exact) mass is 302 g/mol. The van der Waals surface area contributed by atoms with Gasteiger partial charge in [0.05, 0.1) is 5.56 Å². The van der Waals surface area contributed by atoms with Crippen LogP contribution in [0.25, 0.3) is 11.1 Å². The topological polar surface area (TPSA) is 42.0 Å². The average molecular weight is 303 g/mol. The second-order valence-corrected chi connectivity index (χ2v) is 5.85. The second-order valence-electron chi connectivity index (χ2n) is 5.41. The minimum absolute atomic E-state index is 0.0907. The zero-order chi connectivity index (χ0) is 15.2. The molecule has 1 N–H and O–H groups in total. The van der Waals surface area contributed by atoms with E-state index in [1.54, 1.807) is 12.4 Å². The predicted molar refractivity (Wildman–Crippen MR) is 86.5 cm³/mol. The first kappa shape index (κ1) is 15.5. The summed E-state index contributed by atoms with van der Waals surface area (Å²) in [5.41, 5.74) is 2.40. The number of benzene rings is 1. The van der Waals surface area contributed by atoms with Gasteiger partial charge >= 0.3 is 0 Å². The Morgan fingerprint density at radius 3 is 2.76 bits per heavy atom. The van der Waals surface area contributed by atoms with Crippen LogP contribution in [0.1, 0.15) is 30.6 Å². The Bertz CT molecular complexity index is 626. The lowest BCUT2D eigenvalue weighted by atomic mass is 10.1. The minimum Gasteiger partial charge on any atom is -0.352 e. The van der Waals surface area contributed by atoms with E-state index in [1.807, 2.05) is 30.3 Å². The third kappa shape index (κ3) is 4.57. The van der Waals surface area contributed by atoms with Gasteiger partial charge in [-0.3, -0.25) is 9.78 Å². The molecule has 0 bridgehead atoms. The van der Waals surface area contributed by atoms with Crippen molar-refractivity contribution in [3.8, 4) is 11.1 Å². The lowest BCUT2D eigenvalue weighted by molar-refractivity contribution is 0.0951. The van der Waals surface area contributed by atoms with Crippen molar-refractivity contribution in [2.75, 3.05) is 6.54 Å². The minimum atomic E-state index is -0.0907. The van der Waals surface area contributed by atoms with Gasteiger partial charge in [0.2, 0.25) is 0 Å². The molecule has 0 saturated heterocycles. The number of pyridine rings is 1. The van der Waals surface area contributed by atoms with Crippen molar-refractivity contribution in [2.45, 2.75) is 20.3 Å². The Morgan fingerprint density at radius 2 is 2.05 bits per heavy atom. The van der Waals surface area contributed by atoms with Crippen LogP contribution in [0.3, 0.4) is 0 Å². The Kier molecular flexibility index (Phi) is 5.34. The number of nitrogens with one attached hydrogen (secondary N) is 1. The maximum absolute atomic E-state index is 12.1. The zero-order valence-corrected chi connectivity index (χ0v) is 13.0. The van der Waals surface area contributed by atoms with Crippen LogP contribution in [0.4, 0.5) is 0 Å². The molecule has 2 aromatic rings. The number of halogens is 1. The normalized spacial score (nSPS) is 10.7. The third-order valence-electron chi connectivity index (χ3n) is 3.17. The van der Waals surface area contributed by atoms with Crippen molar-refractivity contribution < 1.29 is 4.79 Å². The molecule has 0 radical (unpaired) electrons. The molecule has 0 aliphatic carbocycles. The fraction of sp³-hybridized carbons (Fsp3) is 0.294. The summed E-state index contributed by atoms with van der Waals surface area (Å²) in [6.07, 6.45) is 4.28. The highest BCUT2D eigenvalue weighted by molar-refractivity contribution is 6.30. The fourth-order valence-corrected chi connectivity index (χ4v) is 2.16. The summed E-state index contributed by atoms with van der Waals surface area (Å²) >= 11 is 6.00. The lowest BCUT2D eigenvalue weighted by Crippen LogP contribution is -2.25. The van der Waals surface area contributed by atoms with Gasteiger partial charge in [-0.25, -0.2) is 0 Å². The molecule has 2 rings (SSSR count). The third-order valence-corrected chi connectivity index (χ3v) is 3.40. The molecule has 0 aliphatic heterocycles. The van der Waals surface area contributed by atoms with Crippen LogP contribution in [-0.4, -0.2) is 17.4 Å². The largest absolute Gasteiger partial charge is 0.352 e. The molecule has 110 valence electrons. The van der Waals surface area contributed by atoms with Gasteiger partial charge in [0.25, 0.3) is 5.91 Å². The molecular weight excluding hydrogens is 284 g/mol. The Balaban J connectivity index is 2.12. The number of carbonyl (C=O) groups excluding carboxylic acids is 1. The number of carbonyl (C=O) groups is 1. The second kappa shape index (κ2) is 7.23. The molecule has 0 atom stereocenters. The van der Waals surface area contributed by atoms with E-state index in [1.165, 1.54) is 0 Å². The highest BCUT2D eigenvalue weighted by atomic mass is 35.5. The van der Waals surface area contributed by atoms with Crippen molar-refractivity contribution in [2.24, 2.45) is 5.92 Å². The molecule has 0 fully saturated rings. The maximum Gasteiger partial charge on any atom is 0.252 e. The number of nitrogens with zero attached hydrogens (tertiary/aromatic N) is 1. The number of rotatable bonds is 5. The summed E-state index contributed by atoms with van der Waals surface area (Å²) in [5, 5.41) is 3.58. The summed E-state index contributed by atoms with van der Waals surface area (Å²) in [4.78, 5) is 16.3. The van der Waals surface area contributed by atoms with Crippen molar-refractivity contribution in [1.82, 2.24) is 10.3 Å². The zero-order valence-electron chi connectivity index (χ0n) is 12.3. The molecule has 1 heterocycles. The Labute approximate surface area is 130 Å². The molecular formula is C17H19ClN2O. The van der Waals surface area contributed by atoms with E-state index in [2.05, 4.69) is 24.1 Å². The maximum atomic E-state index is 12.1. The first-order valence-corrected chi connectivity index (χ1v) is 7.43. The van der Waals surface area contributed by atoms with Gasteiger partial charge in [-0.1, -0.05) is 37.6 Å². The highest BCUT2D eigenvalue weighted by Gasteiger charge is 2.08. The van der Waals surface area contributed by atoms with Crippen LogP contribution in [0.5, 0.6) is 0 Å². The summed E-state index contributed by atoms with van der Waals surface area (Å²) in [6, 6.07) is 9.35. The SMILES string of the molecule is CC(C)CCNC(=O)c1cncc(-c2cccc(Cl)c2)c1. The van der Waals surface area contributed by atoms with E-state index < -0.39 is 0 Å². The summed E-state index contributed by atoms with van der Waals surface area (Å²) in [6.45, 7) is 4.94. The lowest BCUT2D eigenvalue weighted by Gasteiger charge is -2.08. The smallest absolute Gasteiger partial charge is 0.252 e. The molecule has 1 aromatic heterocycles. The quantitative estimate of drug-likeness (QED) is 0.900. The Hall–Kier alpha value is -1.87. The van der Waals surface area contributed by atoms with E-state index in [9.17, 15) is 4.79 Å². The van der Waals surface area contributed by atoms with Gasteiger partial charge in [0.1, 0.15) is 0 Å². The first-order chi connectivity index (χ1) is 10.1. The molecule has 4 heteroatoms. The molecule has 21 heavy (non-hydrogen) atoms. The van der Waals surface area contributed by atoms with Crippen LogP contribution in [-0.2, 0) is 0 Å². The van der Waals surface area contributed by atoms with Crippen LogP contribution in [0.2, 0.25) is 5.02 Å². The average Bonchev–Trinajstić information content (AvgIpc) is 2.47. The van der Waals surface area contributed by atoms with E-state index in [4.69, 9.17) is 11.6 Å². The van der Waals surface area contributed by atoms with Crippen LogP contribution in [0, 0.1) is 5.92 Å². The van der Waals surface area contributed by atoms with Crippen LogP contribution >= 0.6 is 11.6 Å². The molecule has 3 nitrogen and oxygen atoms in total. The van der Waals surface area contributed by atoms with E-state index in [0.717, 1.165) is 17.5 Å². The van der Waals surface area contributed by atoms with Crippen molar-refractivity contribution >= 4 is 17.5 Å². The first-order valence-electron chi connectivity index (χ1n) is 7.05. The van der Waals surface area contributed by atoms with Gasteiger partial charge < -0.3 is 5.32 Å². The van der Waals surface area contributed by atoms with Gasteiger partial charge in [-0.05, 0) is 36.1 Å². The predicted octanol–water partition coefficient (Wildman–Crippen LogP) is 4.18. The standard InChI is InChI=1S/C17H19ClN2O/c1-12(2)6-7-20-17(21)15-8-14(10-19-11-15)13-4-3-5-16(18)9-13/h3-5,8-12H,6-7H2,1-2H3,(H,20,21). The molecule has 0 saturated carbocycles. The van der Waals surface area contributed by atoms with Gasteiger partial charge in [-0.15, -0.1) is 0 Å². The molecule has 1 amide bonds. The number of hydrogen-bond acceptors (Lipinski definition) is 2. The van der Waals surface area contributed by atoms with Gasteiger partial charge in [-0.2, -0.15) is 0 Å². The number of aromatic nitrogens is 1. The van der Waals surface area contributed by atoms with E-state index in [0.29, 0.717) is 23.0 Å². The van der Waals surface area contributed by atoms with Crippen molar-refractivity contribution in [1.29, 1.82) is 0 Å². The van der Waals surface area contributed by atoms with Crippen molar-refractivity contribution in [3.63, 3.8) is 0 Å². The van der Waals surface area contributed by atoms with E-state index >= 15 is 0 Å². The molecule has 0 unspecified atom stereocenters. The van der Waals surface area contributed by atoms with Gasteiger partial charge in [0.15, 0.2) is 0 Å². The van der Waals surface area contributed by atoms with Crippen molar-refractivity contribution in [3.05, 3.63) is 53.3 Å². The number of hydrogen-bond donors (Lipinski definition) is 1. The fourth-order valence-electron chi connectivity index (χ4n) is 1.97. The van der Waals surface area contributed by atoms with Crippen LogP contribution in [0.15, 0.2) is 42.7 Å².